The summed E-state index contributed by atoms with van der Waals surface area (Å²) in [5.74, 6) is 0.715. The summed E-state index contributed by atoms with van der Waals surface area (Å²) in [6, 6.07) is 7.76. The smallest absolute Gasteiger partial charge is 0.241 e. The van der Waals surface area contributed by atoms with Crippen LogP contribution in [0.3, 0.4) is 0 Å². The van der Waals surface area contributed by atoms with Gasteiger partial charge in [0, 0.05) is 6.54 Å². The van der Waals surface area contributed by atoms with Crippen molar-refractivity contribution in [3.63, 3.8) is 0 Å². The molecule has 1 N–H and O–H groups in total. The highest BCUT2D eigenvalue weighted by molar-refractivity contribution is 5.75. The fraction of sp³-hybridized carbons (Fsp3) is 0.333. The third-order valence-electron chi connectivity index (χ3n) is 2.59. The summed E-state index contributed by atoms with van der Waals surface area (Å²) in [4.78, 5) is 11.6. The normalized spacial score (nSPS) is 10.2. The molecule has 0 atom stereocenters. The third kappa shape index (κ3) is 4.06. The topological polar surface area (TPSA) is 81.9 Å². The lowest BCUT2D eigenvalue weighted by atomic mass is 10.1. The lowest BCUT2D eigenvalue weighted by Gasteiger charge is -2.05. The Morgan fingerprint density at radius 2 is 2.16 bits per heavy atom. The van der Waals surface area contributed by atoms with Crippen molar-refractivity contribution in [3.8, 4) is 5.75 Å². The molecule has 1 heterocycles. The molecule has 100 valence electrons. The number of carbonyl (C=O) groups excluding carboxylic acids is 1. The highest BCUT2D eigenvalue weighted by Crippen LogP contribution is 2.11. The van der Waals surface area contributed by atoms with Gasteiger partial charge in [-0.05, 0) is 34.5 Å². The second-order valence-corrected chi connectivity index (χ2v) is 3.96. The molecule has 0 saturated carbocycles. The summed E-state index contributed by atoms with van der Waals surface area (Å²) in [7, 11) is 1.63. The van der Waals surface area contributed by atoms with Crippen molar-refractivity contribution in [3.05, 3.63) is 36.2 Å². The van der Waals surface area contributed by atoms with Crippen molar-refractivity contribution < 1.29 is 9.53 Å². The Morgan fingerprint density at radius 3 is 2.79 bits per heavy atom. The molecule has 0 fully saturated rings. The van der Waals surface area contributed by atoms with Crippen LogP contribution in [0.1, 0.15) is 5.56 Å². The Hall–Kier alpha value is -2.44. The maximum Gasteiger partial charge on any atom is 0.241 e. The van der Waals surface area contributed by atoms with Crippen molar-refractivity contribution in [2.24, 2.45) is 0 Å². The second kappa shape index (κ2) is 6.48. The van der Waals surface area contributed by atoms with Crippen LogP contribution in [0.25, 0.3) is 0 Å². The van der Waals surface area contributed by atoms with Crippen LogP contribution in [0.15, 0.2) is 30.6 Å². The van der Waals surface area contributed by atoms with Crippen molar-refractivity contribution in [2.75, 3.05) is 13.7 Å². The van der Waals surface area contributed by atoms with E-state index in [9.17, 15) is 4.79 Å². The van der Waals surface area contributed by atoms with E-state index in [0.717, 1.165) is 17.7 Å². The van der Waals surface area contributed by atoms with Gasteiger partial charge in [-0.25, -0.2) is 4.68 Å². The maximum atomic E-state index is 11.6. The van der Waals surface area contributed by atoms with Crippen LogP contribution in [0.4, 0.5) is 0 Å². The fourth-order valence-electron chi connectivity index (χ4n) is 1.59. The molecule has 0 radical (unpaired) electrons. The van der Waals surface area contributed by atoms with Crippen molar-refractivity contribution in [1.82, 2.24) is 25.5 Å². The van der Waals surface area contributed by atoms with Gasteiger partial charge in [0.25, 0.3) is 0 Å². The molecule has 0 saturated heterocycles. The lowest BCUT2D eigenvalue weighted by molar-refractivity contribution is -0.121. The molecule has 0 unspecified atom stereocenters. The summed E-state index contributed by atoms with van der Waals surface area (Å²) in [5, 5.41) is 13.4. The van der Waals surface area contributed by atoms with Crippen LogP contribution in [-0.2, 0) is 17.8 Å². The molecule has 2 rings (SSSR count). The predicted octanol–water partition coefficient (Wildman–Crippen LogP) is 0.0406. The SMILES string of the molecule is COc1ccc(CCNC(=O)Cn2cnnn2)cc1. The maximum absolute atomic E-state index is 11.6. The van der Waals surface area contributed by atoms with Gasteiger partial charge in [0.15, 0.2) is 0 Å². The molecule has 0 aliphatic heterocycles. The molecule has 1 aromatic heterocycles. The number of tetrazole rings is 1. The number of amides is 1. The largest absolute Gasteiger partial charge is 0.497 e. The Morgan fingerprint density at radius 1 is 1.37 bits per heavy atom. The van der Waals surface area contributed by atoms with Crippen LogP contribution in [0, 0.1) is 0 Å². The van der Waals surface area contributed by atoms with Gasteiger partial charge < -0.3 is 10.1 Å². The zero-order valence-corrected chi connectivity index (χ0v) is 10.6. The number of aromatic nitrogens is 4. The van der Waals surface area contributed by atoms with Crippen molar-refractivity contribution >= 4 is 5.91 Å². The van der Waals surface area contributed by atoms with Gasteiger partial charge in [-0.1, -0.05) is 12.1 Å². The number of ether oxygens (including phenoxy) is 1. The Labute approximate surface area is 110 Å². The molecular formula is C12H15N5O2. The molecule has 7 heteroatoms. The Balaban J connectivity index is 1.72. The van der Waals surface area contributed by atoms with E-state index >= 15 is 0 Å². The van der Waals surface area contributed by atoms with E-state index in [1.807, 2.05) is 24.3 Å². The molecule has 19 heavy (non-hydrogen) atoms. The predicted molar refractivity (Wildman–Crippen MR) is 67.5 cm³/mol. The van der Waals surface area contributed by atoms with E-state index in [-0.39, 0.29) is 12.5 Å². The first-order valence-electron chi connectivity index (χ1n) is 5.88. The molecular weight excluding hydrogens is 246 g/mol. The third-order valence-corrected chi connectivity index (χ3v) is 2.59. The first kappa shape index (κ1) is 13.0. The second-order valence-electron chi connectivity index (χ2n) is 3.96. The number of nitrogens with zero attached hydrogens (tertiary/aromatic N) is 4. The molecule has 0 spiro atoms. The zero-order chi connectivity index (χ0) is 13.5. The van der Waals surface area contributed by atoms with E-state index in [1.54, 1.807) is 7.11 Å². The number of methoxy groups -OCH3 is 1. The molecule has 0 aliphatic rings. The van der Waals surface area contributed by atoms with Gasteiger partial charge in [-0.3, -0.25) is 4.79 Å². The van der Waals surface area contributed by atoms with E-state index in [0.29, 0.717) is 6.54 Å². The van der Waals surface area contributed by atoms with Gasteiger partial charge in [-0.15, -0.1) is 5.10 Å². The Bertz CT molecular complexity index is 509. The molecule has 0 aliphatic carbocycles. The number of hydrogen-bond donors (Lipinski definition) is 1. The minimum Gasteiger partial charge on any atom is -0.497 e. The quantitative estimate of drug-likeness (QED) is 0.794. The molecule has 7 nitrogen and oxygen atoms in total. The molecule has 1 aromatic carbocycles. The standard InChI is InChI=1S/C12H15N5O2/c1-19-11-4-2-10(3-5-11)6-7-13-12(18)8-17-9-14-15-16-17/h2-5,9H,6-8H2,1H3,(H,13,18). The highest BCUT2D eigenvalue weighted by Gasteiger charge is 2.03. The fourth-order valence-corrected chi connectivity index (χ4v) is 1.59. The minimum absolute atomic E-state index is 0.110. The molecule has 0 bridgehead atoms. The number of hydrogen-bond acceptors (Lipinski definition) is 5. The minimum atomic E-state index is -0.110. The van der Waals surface area contributed by atoms with Gasteiger partial charge in [-0.2, -0.15) is 0 Å². The first-order valence-corrected chi connectivity index (χ1v) is 5.88. The van der Waals surface area contributed by atoms with Gasteiger partial charge in [0.2, 0.25) is 5.91 Å². The van der Waals surface area contributed by atoms with Crippen molar-refractivity contribution in [2.45, 2.75) is 13.0 Å². The van der Waals surface area contributed by atoms with Gasteiger partial charge >= 0.3 is 0 Å². The number of carbonyl (C=O) groups is 1. The summed E-state index contributed by atoms with van der Waals surface area (Å²) in [6.45, 7) is 0.711. The summed E-state index contributed by atoms with van der Waals surface area (Å²) >= 11 is 0. The van der Waals surface area contributed by atoms with E-state index < -0.39 is 0 Å². The average molecular weight is 261 g/mol. The summed E-state index contributed by atoms with van der Waals surface area (Å²) in [6.07, 6.45) is 2.17. The zero-order valence-electron chi connectivity index (χ0n) is 10.6. The monoisotopic (exact) mass is 261 g/mol. The average Bonchev–Trinajstić information content (AvgIpc) is 2.92. The van der Waals surface area contributed by atoms with Crippen LogP contribution in [0.5, 0.6) is 5.75 Å². The van der Waals surface area contributed by atoms with Crippen molar-refractivity contribution in [1.29, 1.82) is 0 Å². The van der Waals surface area contributed by atoms with Gasteiger partial charge in [0.1, 0.15) is 18.6 Å². The first-order chi connectivity index (χ1) is 9.28. The van der Waals surface area contributed by atoms with Gasteiger partial charge in [0.05, 0.1) is 7.11 Å². The number of benzene rings is 1. The summed E-state index contributed by atoms with van der Waals surface area (Å²) < 4.78 is 6.46. The molecule has 1 amide bonds. The molecule has 2 aromatic rings. The van der Waals surface area contributed by atoms with E-state index in [2.05, 4.69) is 20.8 Å². The van der Waals surface area contributed by atoms with Crippen LogP contribution < -0.4 is 10.1 Å². The van der Waals surface area contributed by atoms with E-state index in [4.69, 9.17) is 4.74 Å². The Kier molecular flexibility index (Phi) is 4.44. The van der Waals surface area contributed by atoms with Crippen LogP contribution in [-0.4, -0.2) is 39.8 Å². The number of nitrogens with one attached hydrogen (secondary N) is 1. The van der Waals surface area contributed by atoms with Crippen LogP contribution >= 0.6 is 0 Å². The highest BCUT2D eigenvalue weighted by atomic mass is 16.5. The van der Waals surface area contributed by atoms with Crippen LogP contribution in [0.2, 0.25) is 0 Å². The lowest BCUT2D eigenvalue weighted by Crippen LogP contribution is -2.29. The number of rotatable bonds is 6. The van der Waals surface area contributed by atoms with E-state index in [1.165, 1.54) is 11.0 Å². The summed E-state index contributed by atoms with van der Waals surface area (Å²) in [5.41, 5.74) is 1.14.